The van der Waals surface area contributed by atoms with E-state index in [4.69, 9.17) is 0 Å². The van der Waals surface area contributed by atoms with Gasteiger partial charge in [-0.1, -0.05) is 44.2 Å². The molecule has 9 heteroatoms. The second kappa shape index (κ2) is 11.8. The van der Waals surface area contributed by atoms with Crippen LogP contribution in [0, 0.1) is 5.82 Å². The normalized spacial score (nSPS) is 12.2. The minimum absolute atomic E-state index is 0.0346. The Morgan fingerprint density at radius 3 is 2.27 bits per heavy atom. The molecule has 0 unspecified atom stereocenters. The molecule has 0 radical (unpaired) electrons. The number of halogens is 1. The van der Waals surface area contributed by atoms with Gasteiger partial charge in [0.1, 0.15) is 18.4 Å². The Labute approximate surface area is 195 Å². The molecule has 1 atom stereocenters. The van der Waals surface area contributed by atoms with E-state index >= 15 is 0 Å². The standard InChI is InChI=1S/C24H32FN3O4S/c1-5-15-26-24(30)18(3)27(16-19-11-13-21(25)14-12-19)23(29)17-28(33(4,31)32)22-10-8-7-9-20(22)6-2/h7-14,18H,5-6,15-17H2,1-4H3,(H,26,30)/t18-/m0/s1. The second-order valence-corrected chi connectivity index (χ2v) is 9.77. The fourth-order valence-corrected chi connectivity index (χ4v) is 4.29. The van der Waals surface area contributed by atoms with Gasteiger partial charge in [0, 0.05) is 13.1 Å². The number of amides is 2. The van der Waals surface area contributed by atoms with E-state index in [1.165, 1.54) is 29.2 Å². The third-order valence-corrected chi connectivity index (χ3v) is 6.43. The molecule has 0 heterocycles. The van der Waals surface area contributed by atoms with Crippen molar-refractivity contribution < 1.29 is 22.4 Å². The highest BCUT2D eigenvalue weighted by Gasteiger charge is 2.30. The molecule has 0 fully saturated rings. The highest BCUT2D eigenvalue weighted by atomic mass is 32.2. The quantitative estimate of drug-likeness (QED) is 0.539. The van der Waals surface area contributed by atoms with E-state index in [2.05, 4.69) is 5.32 Å². The summed E-state index contributed by atoms with van der Waals surface area (Å²) < 4.78 is 39.7. The first-order valence-corrected chi connectivity index (χ1v) is 12.8. The molecular formula is C24H32FN3O4S. The number of hydrogen-bond acceptors (Lipinski definition) is 4. The maximum absolute atomic E-state index is 13.4. The minimum atomic E-state index is -3.78. The van der Waals surface area contributed by atoms with Crippen LogP contribution in [0.25, 0.3) is 0 Å². The first-order valence-electron chi connectivity index (χ1n) is 11.0. The fraction of sp³-hybridized carbons (Fsp3) is 0.417. The number of carbonyl (C=O) groups excluding carboxylic acids is 2. The van der Waals surface area contributed by atoms with Crippen LogP contribution in [0.2, 0.25) is 0 Å². The molecule has 1 N–H and O–H groups in total. The maximum Gasteiger partial charge on any atom is 0.244 e. The molecule has 0 aromatic heterocycles. The maximum atomic E-state index is 13.4. The summed E-state index contributed by atoms with van der Waals surface area (Å²) in [5.74, 6) is -1.29. The molecule has 2 aromatic rings. The zero-order chi connectivity index (χ0) is 24.6. The average Bonchev–Trinajstić information content (AvgIpc) is 2.79. The molecule has 7 nitrogen and oxygen atoms in total. The topological polar surface area (TPSA) is 86.8 Å². The van der Waals surface area contributed by atoms with Crippen LogP contribution in [0.1, 0.15) is 38.3 Å². The van der Waals surface area contributed by atoms with Crippen LogP contribution in [-0.2, 0) is 32.6 Å². The van der Waals surface area contributed by atoms with Crippen LogP contribution >= 0.6 is 0 Å². The molecule has 33 heavy (non-hydrogen) atoms. The minimum Gasteiger partial charge on any atom is -0.354 e. The van der Waals surface area contributed by atoms with Crippen molar-refractivity contribution in [2.24, 2.45) is 0 Å². The SMILES string of the molecule is CCCNC(=O)[C@H](C)N(Cc1ccc(F)cc1)C(=O)CN(c1ccccc1CC)S(C)(=O)=O. The van der Waals surface area contributed by atoms with E-state index in [1.54, 1.807) is 19.1 Å². The Bertz CT molecular complexity index is 1060. The van der Waals surface area contributed by atoms with Gasteiger partial charge >= 0.3 is 0 Å². The predicted molar refractivity (Wildman–Crippen MR) is 128 cm³/mol. The van der Waals surface area contributed by atoms with E-state index in [1.807, 2.05) is 26.0 Å². The third-order valence-electron chi connectivity index (χ3n) is 5.30. The van der Waals surface area contributed by atoms with Gasteiger partial charge in [-0.3, -0.25) is 13.9 Å². The lowest BCUT2D eigenvalue weighted by atomic mass is 10.1. The summed E-state index contributed by atoms with van der Waals surface area (Å²) in [5, 5.41) is 2.77. The first-order chi connectivity index (χ1) is 15.6. The van der Waals surface area contributed by atoms with Gasteiger partial charge in [0.15, 0.2) is 0 Å². The number of nitrogens with one attached hydrogen (secondary N) is 1. The predicted octanol–water partition coefficient (Wildman–Crippen LogP) is 3.10. The highest BCUT2D eigenvalue weighted by Crippen LogP contribution is 2.24. The summed E-state index contributed by atoms with van der Waals surface area (Å²) in [7, 11) is -3.78. The van der Waals surface area contributed by atoms with Gasteiger partial charge in [0.05, 0.1) is 11.9 Å². The van der Waals surface area contributed by atoms with Crippen LogP contribution in [0.5, 0.6) is 0 Å². The van der Waals surface area contributed by atoms with Crippen molar-refractivity contribution in [1.29, 1.82) is 0 Å². The summed E-state index contributed by atoms with van der Waals surface area (Å²) in [6, 6.07) is 11.8. The zero-order valence-electron chi connectivity index (χ0n) is 19.5. The monoisotopic (exact) mass is 477 g/mol. The summed E-state index contributed by atoms with van der Waals surface area (Å²) in [6.07, 6.45) is 2.37. The Kier molecular flexibility index (Phi) is 9.40. The lowest BCUT2D eigenvalue weighted by Gasteiger charge is -2.32. The van der Waals surface area contributed by atoms with E-state index in [-0.39, 0.29) is 12.5 Å². The number of anilines is 1. The highest BCUT2D eigenvalue weighted by molar-refractivity contribution is 7.92. The van der Waals surface area contributed by atoms with E-state index < -0.39 is 34.3 Å². The fourth-order valence-electron chi connectivity index (χ4n) is 3.41. The van der Waals surface area contributed by atoms with Crippen molar-refractivity contribution in [3.8, 4) is 0 Å². The van der Waals surface area contributed by atoms with Gasteiger partial charge in [0.2, 0.25) is 21.8 Å². The molecule has 0 spiro atoms. The molecule has 0 saturated carbocycles. The van der Waals surface area contributed by atoms with Crippen LogP contribution in [0.4, 0.5) is 10.1 Å². The number of hydrogen-bond donors (Lipinski definition) is 1. The molecule has 0 aliphatic carbocycles. The molecule has 180 valence electrons. The van der Waals surface area contributed by atoms with Crippen molar-refractivity contribution in [1.82, 2.24) is 10.2 Å². The molecule has 0 aliphatic rings. The number of nitrogens with zero attached hydrogens (tertiary/aromatic N) is 2. The summed E-state index contributed by atoms with van der Waals surface area (Å²) in [6.45, 7) is 5.46. The summed E-state index contributed by atoms with van der Waals surface area (Å²) in [4.78, 5) is 27.4. The van der Waals surface area contributed by atoms with E-state index in [9.17, 15) is 22.4 Å². The van der Waals surface area contributed by atoms with Gasteiger partial charge in [-0.05, 0) is 49.1 Å². The van der Waals surface area contributed by atoms with Crippen LogP contribution in [0.3, 0.4) is 0 Å². The van der Waals surface area contributed by atoms with Gasteiger partial charge in [0.25, 0.3) is 0 Å². The van der Waals surface area contributed by atoms with Crippen molar-refractivity contribution in [2.45, 2.75) is 46.2 Å². The molecule has 2 rings (SSSR count). The Balaban J connectivity index is 2.39. The van der Waals surface area contributed by atoms with Crippen LogP contribution in [0.15, 0.2) is 48.5 Å². The number of para-hydroxylation sites is 1. The van der Waals surface area contributed by atoms with Crippen molar-refractivity contribution in [3.05, 3.63) is 65.5 Å². The molecule has 0 bridgehead atoms. The molecule has 0 saturated heterocycles. The Hall–Kier alpha value is -2.94. The smallest absolute Gasteiger partial charge is 0.244 e. The number of carbonyl (C=O) groups is 2. The Morgan fingerprint density at radius 1 is 1.06 bits per heavy atom. The van der Waals surface area contributed by atoms with Crippen LogP contribution in [-0.4, -0.2) is 50.5 Å². The van der Waals surface area contributed by atoms with Gasteiger partial charge in [-0.2, -0.15) is 0 Å². The average molecular weight is 478 g/mol. The molecule has 2 amide bonds. The number of benzene rings is 2. The van der Waals surface area contributed by atoms with Crippen molar-refractivity contribution in [2.75, 3.05) is 23.7 Å². The third kappa shape index (κ3) is 7.28. The summed E-state index contributed by atoms with van der Waals surface area (Å²) in [5.41, 5.74) is 1.84. The lowest BCUT2D eigenvalue weighted by Crippen LogP contribution is -2.51. The summed E-state index contributed by atoms with van der Waals surface area (Å²) >= 11 is 0. The molecule has 2 aromatic carbocycles. The van der Waals surface area contributed by atoms with Gasteiger partial charge in [-0.25, -0.2) is 12.8 Å². The Morgan fingerprint density at radius 2 is 1.70 bits per heavy atom. The largest absolute Gasteiger partial charge is 0.354 e. The van der Waals surface area contributed by atoms with E-state index in [0.717, 1.165) is 22.5 Å². The van der Waals surface area contributed by atoms with E-state index in [0.29, 0.717) is 24.2 Å². The van der Waals surface area contributed by atoms with Gasteiger partial charge < -0.3 is 10.2 Å². The lowest BCUT2D eigenvalue weighted by molar-refractivity contribution is -0.139. The van der Waals surface area contributed by atoms with Crippen LogP contribution < -0.4 is 9.62 Å². The van der Waals surface area contributed by atoms with Gasteiger partial charge in [-0.15, -0.1) is 0 Å². The number of aryl methyl sites for hydroxylation is 1. The molecular weight excluding hydrogens is 445 g/mol. The zero-order valence-corrected chi connectivity index (χ0v) is 20.4. The van der Waals surface area contributed by atoms with Crippen molar-refractivity contribution in [3.63, 3.8) is 0 Å². The molecule has 0 aliphatic heterocycles. The second-order valence-electron chi connectivity index (χ2n) is 7.87. The van der Waals surface area contributed by atoms with Crippen molar-refractivity contribution >= 4 is 27.5 Å². The number of rotatable bonds is 11. The first kappa shape index (κ1) is 26.3. The number of sulfonamides is 1.